The zero-order chi connectivity index (χ0) is 27.2. The van der Waals surface area contributed by atoms with Crippen molar-refractivity contribution in [3.8, 4) is 11.5 Å². The third kappa shape index (κ3) is 6.98. The fraction of sp³-hybridized carbons (Fsp3) is 0.179. The number of anilines is 1. The van der Waals surface area contributed by atoms with E-state index in [0.29, 0.717) is 49.0 Å². The van der Waals surface area contributed by atoms with Gasteiger partial charge in [0.25, 0.3) is 11.8 Å². The number of thioether (sulfide) groups is 1. The molecule has 0 aliphatic carbocycles. The standard InChI is InChI=1S/C28H25BrClN3O4S/c1-4-36-23-13-18(12-20(29)26(23)37-15-25(34)31-19-10-8-16(2)9-11-19)14-24-27(35)33-28(38-24)32-22-7-5-6-21(30)17(22)3/h5-14H,4,15H2,1-3H3,(H,31,34)(H,32,33,35)/b24-14+. The van der Waals surface area contributed by atoms with Gasteiger partial charge in [0, 0.05) is 10.7 Å². The smallest absolute Gasteiger partial charge is 0.264 e. The minimum atomic E-state index is -0.296. The number of nitrogens with one attached hydrogen (secondary N) is 2. The van der Waals surface area contributed by atoms with Crippen molar-refractivity contribution >= 4 is 73.7 Å². The van der Waals surface area contributed by atoms with Gasteiger partial charge >= 0.3 is 0 Å². The molecule has 3 aromatic carbocycles. The molecule has 10 heteroatoms. The van der Waals surface area contributed by atoms with Gasteiger partial charge in [-0.05, 0) is 102 Å². The molecule has 0 atom stereocenters. The minimum absolute atomic E-state index is 0.200. The fourth-order valence-electron chi connectivity index (χ4n) is 3.50. The van der Waals surface area contributed by atoms with Gasteiger partial charge < -0.3 is 20.1 Å². The van der Waals surface area contributed by atoms with Crippen molar-refractivity contribution in [1.82, 2.24) is 5.32 Å². The molecule has 196 valence electrons. The number of aryl methyl sites for hydroxylation is 1. The first-order valence-electron chi connectivity index (χ1n) is 11.7. The summed E-state index contributed by atoms with van der Waals surface area (Å²) in [6, 6.07) is 16.5. The molecule has 1 aliphatic rings. The number of rotatable bonds is 8. The molecule has 38 heavy (non-hydrogen) atoms. The number of carbonyl (C=O) groups is 2. The van der Waals surface area contributed by atoms with Crippen LogP contribution in [0.3, 0.4) is 0 Å². The predicted octanol–water partition coefficient (Wildman–Crippen LogP) is 7.03. The highest BCUT2D eigenvalue weighted by atomic mass is 79.9. The van der Waals surface area contributed by atoms with E-state index in [2.05, 4.69) is 31.6 Å². The van der Waals surface area contributed by atoms with Crippen LogP contribution in [0.2, 0.25) is 5.02 Å². The Hall–Kier alpha value is -3.27. The molecule has 2 N–H and O–H groups in total. The number of amidine groups is 1. The van der Waals surface area contributed by atoms with E-state index in [1.165, 1.54) is 11.8 Å². The molecule has 0 bridgehead atoms. The van der Waals surface area contributed by atoms with Crippen molar-refractivity contribution in [1.29, 1.82) is 0 Å². The number of ether oxygens (including phenoxy) is 2. The summed E-state index contributed by atoms with van der Waals surface area (Å²) < 4.78 is 12.2. The summed E-state index contributed by atoms with van der Waals surface area (Å²) in [5, 5.41) is 6.68. The highest BCUT2D eigenvalue weighted by Gasteiger charge is 2.25. The number of hydrogen-bond acceptors (Lipinski definition) is 6. The molecule has 3 aromatic rings. The SMILES string of the molecule is CCOc1cc(/C=C2/SC(=Nc3cccc(Cl)c3C)NC2=O)cc(Br)c1OCC(=O)Nc1ccc(C)cc1. The van der Waals surface area contributed by atoms with Crippen LogP contribution in [0, 0.1) is 13.8 Å². The van der Waals surface area contributed by atoms with E-state index in [-0.39, 0.29) is 18.4 Å². The van der Waals surface area contributed by atoms with Crippen LogP contribution in [0.4, 0.5) is 11.4 Å². The van der Waals surface area contributed by atoms with Gasteiger partial charge in [0.1, 0.15) is 0 Å². The Morgan fingerprint density at radius 2 is 1.92 bits per heavy atom. The second-order valence-corrected chi connectivity index (χ2v) is 10.6. The molecule has 1 saturated heterocycles. The number of nitrogens with zero attached hydrogens (tertiary/aromatic N) is 1. The maximum Gasteiger partial charge on any atom is 0.264 e. The monoisotopic (exact) mass is 613 g/mol. The van der Waals surface area contributed by atoms with E-state index in [0.717, 1.165) is 16.7 Å². The number of benzene rings is 3. The van der Waals surface area contributed by atoms with E-state index < -0.39 is 0 Å². The first-order valence-corrected chi connectivity index (χ1v) is 13.7. The molecule has 0 radical (unpaired) electrons. The Labute approximate surface area is 238 Å². The molecule has 0 spiro atoms. The Morgan fingerprint density at radius 3 is 2.66 bits per heavy atom. The lowest BCUT2D eigenvalue weighted by Gasteiger charge is -2.15. The zero-order valence-corrected chi connectivity index (χ0v) is 24.1. The van der Waals surface area contributed by atoms with Crippen LogP contribution in [0.25, 0.3) is 6.08 Å². The van der Waals surface area contributed by atoms with Gasteiger partial charge in [-0.2, -0.15) is 0 Å². The molecule has 0 unspecified atom stereocenters. The first-order chi connectivity index (χ1) is 18.2. The molecule has 1 heterocycles. The van der Waals surface area contributed by atoms with Gasteiger partial charge in [-0.3, -0.25) is 9.59 Å². The first kappa shape index (κ1) is 27.8. The number of carbonyl (C=O) groups excluding carboxylic acids is 2. The van der Waals surface area contributed by atoms with Crippen LogP contribution in [0.15, 0.2) is 69.0 Å². The van der Waals surface area contributed by atoms with Crippen molar-refractivity contribution in [2.24, 2.45) is 4.99 Å². The van der Waals surface area contributed by atoms with E-state index in [9.17, 15) is 9.59 Å². The van der Waals surface area contributed by atoms with Gasteiger partial charge in [0.2, 0.25) is 0 Å². The van der Waals surface area contributed by atoms with E-state index in [1.807, 2.05) is 57.2 Å². The Balaban J connectivity index is 1.50. The molecule has 1 fully saturated rings. The molecule has 7 nitrogen and oxygen atoms in total. The van der Waals surface area contributed by atoms with Crippen molar-refractivity contribution in [2.45, 2.75) is 20.8 Å². The van der Waals surface area contributed by atoms with Crippen LogP contribution in [0.1, 0.15) is 23.6 Å². The minimum Gasteiger partial charge on any atom is -0.490 e. The summed E-state index contributed by atoms with van der Waals surface area (Å²) in [6.07, 6.45) is 1.74. The topological polar surface area (TPSA) is 89.0 Å². The fourth-order valence-corrected chi connectivity index (χ4v) is 5.08. The van der Waals surface area contributed by atoms with Gasteiger partial charge in [0.05, 0.1) is 21.7 Å². The molecule has 2 amide bonds. The maximum atomic E-state index is 12.6. The molecule has 0 saturated carbocycles. The van der Waals surface area contributed by atoms with Gasteiger partial charge in [0.15, 0.2) is 23.3 Å². The van der Waals surface area contributed by atoms with Crippen LogP contribution in [-0.4, -0.2) is 30.2 Å². The lowest BCUT2D eigenvalue weighted by Crippen LogP contribution is -2.20. The lowest BCUT2D eigenvalue weighted by molar-refractivity contribution is -0.118. The third-order valence-electron chi connectivity index (χ3n) is 5.42. The molecular formula is C28H25BrClN3O4S. The summed E-state index contributed by atoms with van der Waals surface area (Å²) in [6.45, 7) is 5.90. The number of amides is 2. The highest BCUT2D eigenvalue weighted by molar-refractivity contribution is 9.10. The average molecular weight is 615 g/mol. The summed E-state index contributed by atoms with van der Waals surface area (Å²) >= 11 is 10.9. The largest absolute Gasteiger partial charge is 0.490 e. The Bertz CT molecular complexity index is 1440. The molecule has 4 rings (SSSR count). The van der Waals surface area contributed by atoms with Crippen molar-refractivity contribution in [3.63, 3.8) is 0 Å². The van der Waals surface area contributed by atoms with Crippen LogP contribution < -0.4 is 20.1 Å². The third-order valence-corrected chi connectivity index (χ3v) is 7.33. The van der Waals surface area contributed by atoms with Gasteiger partial charge in [-0.1, -0.05) is 35.4 Å². The van der Waals surface area contributed by atoms with Crippen LogP contribution >= 0.6 is 39.3 Å². The zero-order valence-electron chi connectivity index (χ0n) is 20.9. The number of hydrogen-bond donors (Lipinski definition) is 2. The van der Waals surface area contributed by atoms with E-state index in [4.69, 9.17) is 21.1 Å². The molecule has 1 aliphatic heterocycles. The van der Waals surface area contributed by atoms with Crippen LogP contribution in [-0.2, 0) is 9.59 Å². The maximum absolute atomic E-state index is 12.6. The number of aliphatic imine (C=N–C) groups is 1. The van der Waals surface area contributed by atoms with E-state index in [1.54, 1.807) is 24.3 Å². The van der Waals surface area contributed by atoms with E-state index >= 15 is 0 Å². The summed E-state index contributed by atoms with van der Waals surface area (Å²) in [5.74, 6) is 0.296. The second kappa shape index (κ2) is 12.5. The summed E-state index contributed by atoms with van der Waals surface area (Å²) in [7, 11) is 0. The summed E-state index contributed by atoms with van der Waals surface area (Å²) in [5.41, 5.74) is 4.04. The normalized spacial score (nSPS) is 15.0. The predicted molar refractivity (Wildman–Crippen MR) is 158 cm³/mol. The van der Waals surface area contributed by atoms with Crippen molar-refractivity contribution in [3.05, 3.63) is 85.7 Å². The quantitative estimate of drug-likeness (QED) is 0.266. The lowest BCUT2D eigenvalue weighted by atomic mass is 10.2. The second-order valence-electron chi connectivity index (χ2n) is 8.33. The molecule has 0 aromatic heterocycles. The van der Waals surface area contributed by atoms with Crippen molar-refractivity contribution < 1.29 is 19.1 Å². The number of halogens is 2. The Kier molecular flexibility index (Phi) is 9.14. The highest BCUT2D eigenvalue weighted by Crippen LogP contribution is 2.39. The van der Waals surface area contributed by atoms with Gasteiger partial charge in [-0.25, -0.2) is 4.99 Å². The van der Waals surface area contributed by atoms with Crippen molar-refractivity contribution in [2.75, 3.05) is 18.5 Å². The summed E-state index contributed by atoms with van der Waals surface area (Å²) in [4.78, 5) is 30.1. The van der Waals surface area contributed by atoms with Crippen LogP contribution in [0.5, 0.6) is 11.5 Å². The van der Waals surface area contributed by atoms with Gasteiger partial charge in [-0.15, -0.1) is 0 Å². The molecular weight excluding hydrogens is 590 g/mol. The average Bonchev–Trinajstić information content (AvgIpc) is 3.21. The Morgan fingerprint density at radius 1 is 1.16 bits per heavy atom.